The van der Waals surface area contributed by atoms with Crippen molar-refractivity contribution < 1.29 is 12.8 Å². The summed E-state index contributed by atoms with van der Waals surface area (Å²) in [6.07, 6.45) is 6.46. The third-order valence-electron chi connectivity index (χ3n) is 3.95. The first-order chi connectivity index (χ1) is 12.6. The van der Waals surface area contributed by atoms with Crippen molar-refractivity contribution >= 4 is 20.9 Å². The van der Waals surface area contributed by atoms with Crippen LogP contribution in [-0.4, -0.2) is 18.4 Å². The van der Waals surface area contributed by atoms with Crippen LogP contribution in [0.2, 0.25) is 0 Å². The molecule has 0 amide bonds. The summed E-state index contributed by atoms with van der Waals surface area (Å²) in [5, 5.41) is 0.775. The number of pyridine rings is 2. The van der Waals surface area contributed by atoms with Crippen LogP contribution in [0.1, 0.15) is 5.56 Å². The lowest BCUT2D eigenvalue weighted by atomic mass is 10.2. The van der Waals surface area contributed by atoms with Gasteiger partial charge in [0.2, 0.25) is 10.0 Å². The smallest absolute Gasteiger partial charge is 0.243 e. The molecule has 26 heavy (non-hydrogen) atoms. The van der Waals surface area contributed by atoms with E-state index in [9.17, 15) is 8.42 Å². The first-order valence-corrected chi connectivity index (χ1v) is 9.43. The highest BCUT2D eigenvalue weighted by Gasteiger charge is 2.18. The topological polar surface area (TPSA) is 85.1 Å². The molecule has 130 valence electrons. The van der Waals surface area contributed by atoms with Crippen molar-refractivity contribution in [3.05, 3.63) is 78.9 Å². The Balaban J connectivity index is 1.60. The third kappa shape index (κ3) is 3.22. The molecule has 0 fully saturated rings. The Bertz CT molecular complexity index is 1150. The van der Waals surface area contributed by atoms with Crippen LogP contribution in [0.15, 0.2) is 82.7 Å². The molecule has 3 aromatic heterocycles. The van der Waals surface area contributed by atoms with Gasteiger partial charge in [-0.1, -0.05) is 18.2 Å². The molecule has 7 heteroatoms. The van der Waals surface area contributed by atoms with Gasteiger partial charge in [0.05, 0.1) is 11.8 Å². The molecule has 4 aromatic rings. The van der Waals surface area contributed by atoms with Gasteiger partial charge in [-0.25, -0.2) is 13.1 Å². The summed E-state index contributed by atoms with van der Waals surface area (Å²) in [6.45, 7) is 0.118. The van der Waals surface area contributed by atoms with Crippen LogP contribution in [0.4, 0.5) is 0 Å². The molecule has 0 saturated carbocycles. The number of hydrogen-bond acceptors (Lipinski definition) is 5. The van der Waals surface area contributed by atoms with Gasteiger partial charge in [0, 0.05) is 36.1 Å². The van der Waals surface area contributed by atoms with E-state index in [1.54, 1.807) is 49.1 Å². The Labute approximate surface area is 150 Å². The van der Waals surface area contributed by atoms with Crippen molar-refractivity contribution in [3.63, 3.8) is 0 Å². The summed E-state index contributed by atoms with van der Waals surface area (Å²) in [6, 6.07) is 14.2. The molecule has 0 radical (unpaired) electrons. The number of nitrogens with zero attached hydrogens (tertiary/aromatic N) is 2. The van der Waals surface area contributed by atoms with E-state index >= 15 is 0 Å². The van der Waals surface area contributed by atoms with Gasteiger partial charge in [-0.3, -0.25) is 9.97 Å². The van der Waals surface area contributed by atoms with Gasteiger partial charge in [-0.05, 0) is 35.9 Å². The van der Waals surface area contributed by atoms with Gasteiger partial charge in [0.15, 0.2) is 0 Å². The van der Waals surface area contributed by atoms with Crippen LogP contribution in [-0.2, 0) is 16.6 Å². The average molecular weight is 365 g/mol. The zero-order valence-corrected chi connectivity index (χ0v) is 14.5. The lowest BCUT2D eigenvalue weighted by Gasteiger charge is -2.09. The Morgan fingerprint density at radius 3 is 2.77 bits per heavy atom. The Hall–Kier alpha value is -3.03. The maximum atomic E-state index is 12.7. The van der Waals surface area contributed by atoms with Crippen LogP contribution >= 0.6 is 0 Å². The summed E-state index contributed by atoms with van der Waals surface area (Å²) >= 11 is 0. The van der Waals surface area contributed by atoms with Gasteiger partial charge in [-0.2, -0.15) is 0 Å². The largest absolute Gasteiger partial charge is 0.464 e. The molecule has 1 aromatic carbocycles. The molecule has 0 aliphatic rings. The molecule has 6 nitrogen and oxygen atoms in total. The number of hydrogen-bond donors (Lipinski definition) is 1. The van der Waals surface area contributed by atoms with Crippen LogP contribution < -0.4 is 4.72 Å². The van der Waals surface area contributed by atoms with Gasteiger partial charge in [0.25, 0.3) is 0 Å². The van der Waals surface area contributed by atoms with Crippen molar-refractivity contribution in [1.29, 1.82) is 0 Å². The molecule has 0 bridgehead atoms. The van der Waals surface area contributed by atoms with Crippen LogP contribution in [0.5, 0.6) is 0 Å². The number of aromatic nitrogens is 2. The zero-order valence-electron chi connectivity index (χ0n) is 13.7. The number of nitrogens with one attached hydrogen (secondary N) is 1. The summed E-state index contributed by atoms with van der Waals surface area (Å²) in [4.78, 5) is 8.52. The second-order valence-electron chi connectivity index (χ2n) is 5.71. The molecule has 0 spiro atoms. The van der Waals surface area contributed by atoms with Gasteiger partial charge >= 0.3 is 0 Å². The number of furan rings is 1. The maximum absolute atomic E-state index is 12.7. The minimum absolute atomic E-state index is 0.118. The summed E-state index contributed by atoms with van der Waals surface area (Å²) in [5.74, 6) is 0.681. The molecule has 0 aliphatic heterocycles. The highest BCUT2D eigenvalue weighted by Crippen LogP contribution is 2.22. The predicted octanol–water partition coefficient (Wildman–Crippen LogP) is 3.37. The second-order valence-corrected chi connectivity index (χ2v) is 7.45. The van der Waals surface area contributed by atoms with E-state index in [0.29, 0.717) is 11.3 Å². The zero-order chi connectivity index (χ0) is 18.0. The Kier molecular flexibility index (Phi) is 4.24. The van der Waals surface area contributed by atoms with Crippen molar-refractivity contribution in [2.45, 2.75) is 11.4 Å². The van der Waals surface area contributed by atoms with E-state index in [1.807, 2.05) is 24.3 Å². The van der Waals surface area contributed by atoms with Crippen molar-refractivity contribution in [2.75, 3.05) is 0 Å². The molecular weight excluding hydrogens is 350 g/mol. The van der Waals surface area contributed by atoms with Crippen molar-refractivity contribution in [3.8, 4) is 11.3 Å². The monoisotopic (exact) mass is 365 g/mol. The summed E-state index contributed by atoms with van der Waals surface area (Å²) < 4.78 is 33.5. The molecular formula is C19H15N3O3S. The number of fused-ring (bicyclic) bond motifs is 1. The van der Waals surface area contributed by atoms with Gasteiger partial charge < -0.3 is 4.42 Å². The molecule has 4 rings (SSSR count). The van der Waals surface area contributed by atoms with Gasteiger partial charge in [0.1, 0.15) is 10.7 Å². The first-order valence-electron chi connectivity index (χ1n) is 7.95. The fraction of sp³-hybridized carbons (Fsp3) is 0.0526. The van der Waals surface area contributed by atoms with E-state index in [4.69, 9.17) is 4.42 Å². The lowest BCUT2D eigenvalue weighted by Crippen LogP contribution is -2.23. The standard InChI is InChI=1S/C19H15N3O3S/c23-26(24,18-7-1-4-15-5-2-8-21-19(15)18)22-12-14-10-16(13-20-11-14)17-6-3-9-25-17/h1-11,13,22H,12H2. The van der Waals surface area contributed by atoms with E-state index < -0.39 is 10.0 Å². The fourth-order valence-corrected chi connectivity index (χ4v) is 3.91. The van der Waals surface area contributed by atoms with Crippen LogP contribution in [0.3, 0.4) is 0 Å². The van der Waals surface area contributed by atoms with Crippen molar-refractivity contribution in [1.82, 2.24) is 14.7 Å². The fourth-order valence-electron chi connectivity index (χ4n) is 2.71. The number of rotatable bonds is 5. The SMILES string of the molecule is O=S(=O)(NCc1cncc(-c2ccco2)c1)c1cccc2cccnc12. The van der Waals surface area contributed by atoms with Crippen molar-refractivity contribution in [2.24, 2.45) is 0 Å². The quantitative estimate of drug-likeness (QED) is 0.586. The molecule has 0 aliphatic carbocycles. The predicted molar refractivity (Wildman–Crippen MR) is 97.7 cm³/mol. The Morgan fingerprint density at radius 1 is 1.04 bits per heavy atom. The number of para-hydroxylation sites is 1. The minimum atomic E-state index is -3.72. The molecule has 0 saturated heterocycles. The highest BCUT2D eigenvalue weighted by molar-refractivity contribution is 7.89. The molecule has 0 unspecified atom stereocenters. The third-order valence-corrected chi connectivity index (χ3v) is 5.38. The summed E-state index contributed by atoms with van der Waals surface area (Å²) in [5.41, 5.74) is 1.97. The van der Waals surface area contributed by atoms with E-state index in [-0.39, 0.29) is 11.4 Å². The second kappa shape index (κ2) is 6.70. The van der Waals surface area contributed by atoms with Crippen LogP contribution in [0, 0.1) is 0 Å². The van der Waals surface area contributed by atoms with E-state index in [1.165, 1.54) is 0 Å². The average Bonchev–Trinajstić information content (AvgIpc) is 3.21. The van der Waals surface area contributed by atoms with E-state index in [2.05, 4.69) is 14.7 Å². The highest BCUT2D eigenvalue weighted by atomic mass is 32.2. The number of sulfonamides is 1. The minimum Gasteiger partial charge on any atom is -0.464 e. The molecule has 1 N–H and O–H groups in total. The summed E-state index contributed by atoms with van der Waals surface area (Å²) in [7, 11) is -3.72. The first kappa shape index (κ1) is 16.4. The lowest BCUT2D eigenvalue weighted by molar-refractivity contribution is 0.581. The molecule has 0 atom stereocenters. The Morgan fingerprint density at radius 2 is 1.92 bits per heavy atom. The molecule has 3 heterocycles. The number of benzene rings is 1. The van der Waals surface area contributed by atoms with E-state index in [0.717, 1.165) is 16.5 Å². The maximum Gasteiger partial charge on any atom is 0.243 e. The van der Waals surface area contributed by atoms with Gasteiger partial charge in [-0.15, -0.1) is 0 Å². The van der Waals surface area contributed by atoms with Crippen LogP contribution in [0.25, 0.3) is 22.2 Å². The normalized spacial score (nSPS) is 11.7.